The van der Waals surface area contributed by atoms with E-state index in [1.54, 1.807) is 0 Å². The summed E-state index contributed by atoms with van der Waals surface area (Å²) in [6.07, 6.45) is 0. The summed E-state index contributed by atoms with van der Waals surface area (Å²) >= 11 is 4.73. The quantitative estimate of drug-likeness (QED) is 0.204. The molecule has 1 nitrogen and oxygen atoms in total. The highest BCUT2D eigenvalue weighted by Crippen LogP contribution is 2.33. The van der Waals surface area contributed by atoms with E-state index in [0.29, 0.717) is 6.61 Å². The Morgan fingerprint density at radius 1 is 0.786 bits per heavy atom. The summed E-state index contributed by atoms with van der Waals surface area (Å²) < 4.78 is 8.41. The fourth-order valence-corrected chi connectivity index (χ4v) is 5.13. The van der Waals surface area contributed by atoms with Gasteiger partial charge < -0.3 is 4.74 Å². The number of halogens is 2. The van der Waals surface area contributed by atoms with Crippen molar-refractivity contribution in [2.45, 2.75) is 45.9 Å². The molecular weight excluding hydrogens is 602 g/mol. The molecule has 2 rings (SSSR count). The first-order valence-electron chi connectivity index (χ1n) is 9.21. The molecule has 146 valence electrons. The van der Waals surface area contributed by atoms with Crippen LogP contribution in [0, 0.1) is 30.1 Å². The lowest BCUT2D eigenvalue weighted by Crippen LogP contribution is -2.16. The van der Waals surface area contributed by atoms with Crippen LogP contribution >= 0.6 is 45.2 Å². The first kappa shape index (κ1) is 23.5. The van der Waals surface area contributed by atoms with Crippen LogP contribution in [0.15, 0.2) is 36.4 Å². The van der Waals surface area contributed by atoms with E-state index in [1.807, 2.05) is 18.2 Å². The molecule has 0 heterocycles. The van der Waals surface area contributed by atoms with Gasteiger partial charge in [0, 0.05) is 11.1 Å². The van der Waals surface area contributed by atoms with E-state index in [2.05, 4.69) is 126 Å². The molecule has 0 fully saturated rings. The van der Waals surface area contributed by atoms with Crippen molar-refractivity contribution in [1.29, 1.82) is 0 Å². The number of rotatable bonds is 3. The van der Waals surface area contributed by atoms with Crippen LogP contribution in [-0.4, -0.2) is 16.1 Å². The lowest BCUT2D eigenvalue weighted by atomic mass is 10.1. The molecule has 0 aliphatic heterocycles. The van der Waals surface area contributed by atoms with Crippen LogP contribution in [0.4, 0.5) is 0 Å². The van der Waals surface area contributed by atoms with Gasteiger partial charge in [0.05, 0.1) is 7.14 Å². The van der Waals surface area contributed by atoms with E-state index in [9.17, 15) is 0 Å². The zero-order valence-electron chi connectivity index (χ0n) is 17.3. The van der Waals surface area contributed by atoms with E-state index < -0.39 is 16.1 Å². The van der Waals surface area contributed by atoms with Crippen molar-refractivity contribution in [2.75, 3.05) is 0 Å². The van der Waals surface area contributed by atoms with E-state index >= 15 is 0 Å². The second-order valence-electron chi connectivity index (χ2n) is 8.70. The third-order valence-corrected chi connectivity index (χ3v) is 7.42. The van der Waals surface area contributed by atoms with Gasteiger partial charge in [0.25, 0.3) is 0 Å². The van der Waals surface area contributed by atoms with Crippen LogP contribution in [0.5, 0.6) is 5.75 Å². The first-order valence-corrected chi connectivity index (χ1v) is 18.4. The highest BCUT2D eigenvalue weighted by molar-refractivity contribution is 14.1. The van der Waals surface area contributed by atoms with Gasteiger partial charge in [0.15, 0.2) is 0 Å². The molecule has 0 atom stereocenters. The lowest BCUT2D eigenvalue weighted by Gasteiger charge is -2.14. The summed E-state index contributed by atoms with van der Waals surface area (Å²) in [5, 5.41) is 0. The predicted octanol–water partition coefficient (Wildman–Crippen LogP) is 6.93. The zero-order valence-corrected chi connectivity index (χ0v) is 23.7. The third kappa shape index (κ3) is 7.59. The van der Waals surface area contributed by atoms with Crippen LogP contribution in [0.3, 0.4) is 0 Å². The van der Waals surface area contributed by atoms with Crippen molar-refractivity contribution >= 4 is 61.3 Å². The standard InChI is InChI=1S/C23H26I2OSi2/c1-27(2,3)14-12-19-16-20(13-15-28(4,5)6)22(25)23(21(19)24)26-17-18-10-8-7-9-11-18/h7-11,16H,17H2,1-6H3. The minimum Gasteiger partial charge on any atom is -0.487 e. The molecule has 0 unspecified atom stereocenters. The molecule has 0 saturated heterocycles. The second kappa shape index (κ2) is 9.84. The average Bonchev–Trinajstić information content (AvgIpc) is 2.59. The van der Waals surface area contributed by atoms with Crippen molar-refractivity contribution in [2.24, 2.45) is 0 Å². The van der Waals surface area contributed by atoms with Crippen molar-refractivity contribution in [3.63, 3.8) is 0 Å². The molecule has 0 aromatic heterocycles. The maximum Gasteiger partial charge on any atom is 0.148 e. The highest BCUT2D eigenvalue weighted by Gasteiger charge is 2.17. The van der Waals surface area contributed by atoms with Crippen LogP contribution in [-0.2, 0) is 6.61 Å². The van der Waals surface area contributed by atoms with Gasteiger partial charge in [0.2, 0.25) is 0 Å². The normalized spacial score (nSPS) is 11.1. The Kier molecular flexibility index (Phi) is 8.27. The molecule has 0 amide bonds. The van der Waals surface area contributed by atoms with Crippen molar-refractivity contribution in [1.82, 2.24) is 0 Å². The molecule has 28 heavy (non-hydrogen) atoms. The second-order valence-corrected chi connectivity index (χ2v) is 20.4. The summed E-state index contributed by atoms with van der Waals surface area (Å²) in [6, 6.07) is 12.4. The molecule has 5 heteroatoms. The molecule has 0 bridgehead atoms. The maximum absolute atomic E-state index is 6.27. The molecule has 0 N–H and O–H groups in total. The summed E-state index contributed by atoms with van der Waals surface area (Å²) in [6.45, 7) is 14.1. The zero-order chi connectivity index (χ0) is 20.9. The molecule has 0 radical (unpaired) electrons. The Morgan fingerprint density at radius 3 is 1.68 bits per heavy atom. The fourth-order valence-electron chi connectivity index (χ4n) is 2.16. The van der Waals surface area contributed by atoms with Gasteiger partial charge in [0.1, 0.15) is 28.5 Å². The summed E-state index contributed by atoms with van der Waals surface area (Å²) in [7, 11) is -2.93. The van der Waals surface area contributed by atoms with Crippen LogP contribution in [0.25, 0.3) is 0 Å². The number of ether oxygens (including phenoxy) is 1. The van der Waals surface area contributed by atoms with E-state index in [4.69, 9.17) is 4.74 Å². The van der Waals surface area contributed by atoms with Crippen LogP contribution in [0.1, 0.15) is 16.7 Å². The summed E-state index contributed by atoms with van der Waals surface area (Å²) in [5.74, 6) is 7.74. The molecule has 2 aromatic rings. The topological polar surface area (TPSA) is 9.23 Å². The minimum absolute atomic E-state index is 0.540. The first-order chi connectivity index (χ1) is 13.0. The van der Waals surface area contributed by atoms with Crippen LogP contribution in [0.2, 0.25) is 39.3 Å². The van der Waals surface area contributed by atoms with Gasteiger partial charge >= 0.3 is 0 Å². The van der Waals surface area contributed by atoms with Crippen LogP contribution < -0.4 is 4.74 Å². The Morgan fingerprint density at radius 2 is 1.25 bits per heavy atom. The van der Waals surface area contributed by atoms with E-state index in [1.165, 1.54) is 0 Å². The Labute approximate surface area is 199 Å². The van der Waals surface area contributed by atoms with Gasteiger partial charge in [-0.15, -0.1) is 11.1 Å². The molecular formula is C23H26I2OSi2. The van der Waals surface area contributed by atoms with E-state index in [0.717, 1.165) is 29.6 Å². The summed E-state index contributed by atoms with van der Waals surface area (Å²) in [4.78, 5) is 0. The molecule has 0 spiro atoms. The largest absolute Gasteiger partial charge is 0.487 e. The average molecular weight is 628 g/mol. The van der Waals surface area contributed by atoms with Gasteiger partial charge in [-0.1, -0.05) is 81.5 Å². The Bertz CT molecular complexity index is 908. The third-order valence-electron chi connectivity index (χ3n) is 3.53. The van der Waals surface area contributed by atoms with Crippen molar-refractivity contribution in [3.05, 3.63) is 60.2 Å². The maximum atomic E-state index is 6.27. The predicted molar refractivity (Wildman–Crippen MR) is 143 cm³/mol. The van der Waals surface area contributed by atoms with Gasteiger partial charge in [-0.25, -0.2) is 0 Å². The molecule has 2 aromatic carbocycles. The number of hydrogen-bond donors (Lipinski definition) is 0. The number of benzene rings is 2. The number of hydrogen-bond acceptors (Lipinski definition) is 1. The van der Waals surface area contributed by atoms with Gasteiger partial charge in [-0.3, -0.25) is 0 Å². The molecule has 0 saturated carbocycles. The van der Waals surface area contributed by atoms with Gasteiger partial charge in [-0.05, 0) is 56.8 Å². The minimum atomic E-state index is -1.47. The van der Waals surface area contributed by atoms with Crippen molar-refractivity contribution in [3.8, 4) is 28.7 Å². The monoisotopic (exact) mass is 628 g/mol. The highest BCUT2D eigenvalue weighted by atomic mass is 127. The summed E-state index contributed by atoms with van der Waals surface area (Å²) in [5.41, 5.74) is 10.2. The molecule has 0 aliphatic rings. The van der Waals surface area contributed by atoms with Crippen molar-refractivity contribution < 1.29 is 4.74 Å². The Balaban J connectivity index is 2.53. The smallest absolute Gasteiger partial charge is 0.148 e. The fraction of sp³-hybridized carbons (Fsp3) is 0.304. The van der Waals surface area contributed by atoms with Gasteiger partial charge in [-0.2, -0.15) is 0 Å². The van der Waals surface area contributed by atoms with E-state index in [-0.39, 0.29) is 0 Å². The lowest BCUT2D eigenvalue weighted by molar-refractivity contribution is 0.301. The molecule has 0 aliphatic carbocycles. The Hall–Kier alpha value is -0.746. The SMILES string of the molecule is C[Si](C)(C)C#Cc1cc(C#C[Si](C)(C)C)c(I)c(OCc2ccccc2)c1I.